The van der Waals surface area contributed by atoms with Crippen LogP contribution in [0.2, 0.25) is 0 Å². The van der Waals surface area contributed by atoms with Crippen LogP contribution in [0.3, 0.4) is 0 Å². The fourth-order valence-electron chi connectivity index (χ4n) is 3.22. The molecule has 4 heterocycles. The van der Waals surface area contributed by atoms with Crippen molar-refractivity contribution in [2.45, 2.75) is 25.8 Å². The number of aromatic nitrogens is 5. The predicted octanol–water partition coefficient (Wildman–Crippen LogP) is 2.72. The van der Waals surface area contributed by atoms with Gasteiger partial charge in [0.1, 0.15) is 17.5 Å². The molecule has 7 nitrogen and oxygen atoms in total. The highest BCUT2D eigenvalue weighted by atomic mass is 15.2. The van der Waals surface area contributed by atoms with E-state index in [-0.39, 0.29) is 0 Å². The van der Waals surface area contributed by atoms with E-state index >= 15 is 0 Å². The second kappa shape index (κ2) is 7.43. The SMILES string of the molecule is Cc1nc(-c2cccnc2)cc(N2CCC(Nc3cccnn3)CC2)n1. The van der Waals surface area contributed by atoms with Crippen LogP contribution in [0, 0.1) is 6.92 Å². The van der Waals surface area contributed by atoms with Crippen LogP contribution in [0.15, 0.2) is 48.9 Å². The second-order valence-corrected chi connectivity index (χ2v) is 6.41. The molecule has 1 saturated heterocycles. The lowest BCUT2D eigenvalue weighted by Gasteiger charge is -2.33. The largest absolute Gasteiger partial charge is 0.366 e. The Morgan fingerprint density at radius 3 is 2.65 bits per heavy atom. The molecule has 4 rings (SSSR count). The number of nitrogens with one attached hydrogen (secondary N) is 1. The topological polar surface area (TPSA) is 79.7 Å². The Morgan fingerprint density at radius 2 is 1.92 bits per heavy atom. The number of pyridine rings is 1. The highest BCUT2D eigenvalue weighted by molar-refractivity contribution is 5.62. The first-order valence-corrected chi connectivity index (χ1v) is 8.83. The molecule has 26 heavy (non-hydrogen) atoms. The Kier molecular flexibility index (Phi) is 4.68. The third-order valence-corrected chi connectivity index (χ3v) is 4.52. The summed E-state index contributed by atoms with van der Waals surface area (Å²) in [6.45, 7) is 3.83. The summed E-state index contributed by atoms with van der Waals surface area (Å²) >= 11 is 0. The van der Waals surface area contributed by atoms with Gasteiger partial charge in [-0.3, -0.25) is 4.98 Å². The molecule has 3 aromatic rings. The maximum Gasteiger partial charge on any atom is 0.148 e. The molecule has 0 unspecified atom stereocenters. The zero-order valence-electron chi connectivity index (χ0n) is 14.7. The molecule has 0 spiro atoms. The van der Waals surface area contributed by atoms with Gasteiger partial charge in [-0.15, -0.1) is 5.10 Å². The second-order valence-electron chi connectivity index (χ2n) is 6.41. The molecule has 0 aliphatic carbocycles. The molecule has 0 radical (unpaired) electrons. The summed E-state index contributed by atoms with van der Waals surface area (Å²) in [7, 11) is 0. The summed E-state index contributed by atoms with van der Waals surface area (Å²) in [6, 6.07) is 10.3. The van der Waals surface area contributed by atoms with E-state index in [4.69, 9.17) is 0 Å². The average molecular weight is 347 g/mol. The Labute approximate surface area is 152 Å². The Morgan fingerprint density at radius 1 is 1.08 bits per heavy atom. The number of hydrogen-bond acceptors (Lipinski definition) is 7. The summed E-state index contributed by atoms with van der Waals surface area (Å²) in [5, 5.41) is 11.5. The number of hydrogen-bond donors (Lipinski definition) is 1. The molecule has 0 aromatic carbocycles. The van der Waals surface area contributed by atoms with Gasteiger partial charge in [0.15, 0.2) is 0 Å². The fourth-order valence-corrected chi connectivity index (χ4v) is 3.22. The Bertz CT molecular complexity index is 846. The minimum absolute atomic E-state index is 0.406. The number of aryl methyl sites for hydroxylation is 1. The molecule has 1 fully saturated rings. The standard InChI is InChI=1S/C19H21N7/c1-14-22-17(15-4-2-8-20-13-15)12-19(23-14)26-10-6-16(7-11-26)24-18-5-3-9-21-25-18/h2-5,8-9,12-13,16H,6-7,10-11H2,1H3,(H,24,25). The summed E-state index contributed by atoms with van der Waals surface area (Å²) in [6.07, 6.45) is 7.35. The highest BCUT2D eigenvalue weighted by Crippen LogP contribution is 2.24. The van der Waals surface area contributed by atoms with Gasteiger partial charge in [-0.25, -0.2) is 9.97 Å². The first kappa shape index (κ1) is 16.4. The summed E-state index contributed by atoms with van der Waals surface area (Å²) in [5.41, 5.74) is 1.93. The van der Waals surface area contributed by atoms with E-state index in [1.54, 1.807) is 12.4 Å². The Balaban J connectivity index is 1.45. The number of nitrogens with zero attached hydrogens (tertiary/aromatic N) is 6. The molecule has 1 N–H and O–H groups in total. The van der Waals surface area contributed by atoms with E-state index in [2.05, 4.69) is 41.4 Å². The lowest BCUT2D eigenvalue weighted by atomic mass is 10.0. The molecule has 132 valence electrons. The van der Waals surface area contributed by atoms with Crippen LogP contribution < -0.4 is 10.2 Å². The Hall–Kier alpha value is -3.09. The van der Waals surface area contributed by atoms with Gasteiger partial charge in [0.25, 0.3) is 0 Å². The van der Waals surface area contributed by atoms with Gasteiger partial charge >= 0.3 is 0 Å². The first-order chi connectivity index (χ1) is 12.8. The minimum atomic E-state index is 0.406. The van der Waals surface area contributed by atoms with E-state index < -0.39 is 0 Å². The van der Waals surface area contributed by atoms with Crippen molar-refractivity contribution < 1.29 is 0 Å². The van der Waals surface area contributed by atoms with Crippen LogP contribution in [0.25, 0.3) is 11.3 Å². The van der Waals surface area contributed by atoms with Crippen molar-refractivity contribution in [2.24, 2.45) is 0 Å². The van der Waals surface area contributed by atoms with Gasteiger partial charge in [-0.05, 0) is 44.0 Å². The van der Waals surface area contributed by atoms with Gasteiger partial charge in [0.2, 0.25) is 0 Å². The normalized spacial score (nSPS) is 15.0. The average Bonchev–Trinajstić information content (AvgIpc) is 2.70. The summed E-state index contributed by atoms with van der Waals surface area (Å²) in [5.74, 6) is 2.60. The third kappa shape index (κ3) is 3.77. The summed E-state index contributed by atoms with van der Waals surface area (Å²) in [4.78, 5) is 15.7. The zero-order valence-corrected chi connectivity index (χ0v) is 14.7. The molecule has 1 aliphatic heterocycles. The molecule has 7 heteroatoms. The van der Waals surface area contributed by atoms with E-state index in [0.717, 1.165) is 54.6 Å². The van der Waals surface area contributed by atoms with Gasteiger partial charge < -0.3 is 10.2 Å². The number of piperidine rings is 1. The lowest BCUT2D eigenvalue weighted by molar-refractivity contribution is 0.521. The van der Waals surface area contributed by atoms with Gasteiger partial charge in [0.05, 0.1) is 5.69 Å². The van der Waals surface area contributed by atoms with Crippen LogP contribution in [0.5, 0.6) is 0 Å². The molecule has 1 aliphatic rings. The molecule has 0 saturated carbocycles. The van der Waals surface area contributed by atoms with E-state index in [9.17, 15) is 0 Å². The van der Waals surface area contributed by atoms with Crippen molar-refractivity contribution in [3.63, 3.8) is 0 Å². The van der Waals surface area contributed by atoms with Crippen molar-refractivity contribution in [3.8, 4) is 11.3 Å². The van der Waals surface area contributed by atoms with Crippen LogP contribution in [-0.2, 0) is 0 Å². The lowest BCUT2D eigenvalue weighted by Crippen LogP contribution is -2.39. The van der Waals surface area contributed by atoms with Crippen molar-refractivity contribution in [1.29, 1.82) is 0 Å². The van der Waals surface area contributed by atoms with Crippen LogP contribution in [0.4, 0.5) is 11.6 Å². The van der Waals surface area contributed by atoms with E-state index in [1.807, 2.05) is 37.4 Å². The summed E-state index contributed by atoms with van der Waals surface area (Å²) < 4.78 is 0. The fraction of sp³-hybridized carbons (Fsp3) is 0.316. The number of rotatable bonds is 4. The predicted molar refractivity (Wildman–Crippen MR) is 101 cm³/mol. The molecular formula is C19H21N7. The highest BCUT2D eigenvalue weighted by Gasteiger charge is 2.21. The van der Waals surface area contributed by atoms with Crippen LogP contribution in [0.1, 0.15) is 18.7 Å². The maximum absolute atomic E-state index is 4.64. The molecular weight excluding hydrogens is 326 g/mol. The zero-order chi connectivity index (χ0) is 17.8. The van der Waals surface area contributed by atoms with Crippen molar-refractivity contribution in [2.75, 3.05) is 23.3 Å². The van der Waals surface area contributed by atoms with Crippen LogP contribution >= 0.6 is 0 Å². The van der Waals surface area contributed by atoms with Crippen molar-refractivity contribution >= 4 is 11.6 Å². The third-order valence-electron chi connectivity index (χ3n) is 4.52. The molecule has 0 atom stereocenters. The molecule has 3 aromatic heterocycles. The monoisotopic (exact) mass is 347 g/mol. The molecule has 0 bridgehead atoms. The quantitative estimate of drug-likeness (QED) is 0.777. The molecule has 0 amide bonds. The van der Waals surface area contributed by atoms with Gasteiger partial charge in [-0.1, -0.05) is 0 Å². The van der Waals surface area contributed by atoms with Crippen molar-refractivity contribution in [1.82, 2.24) is 25.1 Å². The van der Waals surface area contributed by atoms with Gasteiger partial charge in [-0.2, -0.15) is 5.10 Å². The minimum Gasteiger partial charge on any atom is -0.366 e. The first-order valence-electron chi connectivity index (χ1n) is 8.83. The van der Waals surface area contributed by atoms with Gasteiger partial charge in [0, 0.05) is 49.4 Å². The van der Waals surface area contributed by atoms with Crippen LogP contribution in [-0.4, -0.2) is 44.3 Å². The number of anilines is 2. The van der Waals surface area contributed by atoms with Crippen molar-refractivity contribution in [3.05, 3.63) is 54.7 Å². The maximum atomic E-state index is 4.64. The van der Waals surface area contributed by atoms with E-state index in [0.29, 0.717) is 6.04 Å². The van der Waals surface area contributed by atoms with E-state index in [1.165, 1.54) is 0 Å². The smallest absolute Gasteiger partial charge is 0.148 e.